The van der Waals surface area contributed by atoms with Crippen LogP contribution in [0.15, 0.2) is 47.3 Å². The van der Waals surface area contributed by atoms with Crippen molar-refractivity contribution in [3.8, 4) is 11.3 Å². The van der Waals surface area contributed by atoms with Gasteiger partial charge in [-0.05, 0) is 62.3 Å². The molecular formula is C26H30N6O2. The fraction of sp³-hybridized carbons (Fsp3) is 0.423. The van der Waals surface area contributed by atoms with Crippen molar-refractivity contribution < 1.29 is 4.79 Å². The molecule has 5 rings (SSSR count). The molecule has 1 saturated heterocycles. The van der Waals surface area contributed by atoms with E-state index < -0.39 is 0 Å². The molecule has 2 aromatic heterocycles. The van der Waals surface area contributed by atoms with E-state index in [1.54, 1.807) is 6.07 Å². The van der Waals surface area contributed by atoms with Crippen LogP contribution in [-0.2, 0) is 24.2 Å². The zero-order valence-electron chi connectivity index (χ0n) is 19.5. The lowest BCUT2D eigenvalue weighted by molar-refractivity contribution is -0.125. The summed E-state index contributed by atoms with van der Waals surface area (Å²) >= 11 is 0. The largest absolute Gasteiger partial charge is 0.354 e. The molecule has 3 heterocycles. The van der Waals surface area contributed by atoms with Crippen molar-refractivity contribution in [3.05, 3.63) is 69.6 Å². The zero-order chi connectivity index (χ0) is 23.5. The molecule has 1 unspecified atom stereocenters. The monoisotopic (exact) mass is 458 g/mol. The molecule has 3 aromatic rings. The summed E-state index contributed by atoms with van der Waals surface area (Å²) in [6.07, 6.45) is 4.68. The highest BCUT2D eigenvalue weighted by Crippen LogP contribution is 2.25. The van der Waals surface area contributed by atoms with Gasteiger partial charge in [0.05, 0.1) is 23.9 Å². The van der Waals surface area contributed by atoms with Gasteiger partial charge in [-0.1, -0.05) is 24.3 Å². The first-order valence-corrected chi connectivity index (χ1v) is 12.1. The average Bonchev–Trinajstić information content (AvgIpc) is 3.31. The van der Waals surface area contributed by atoms with E-state index in [1.165, 1.54) is 4.68 Å². The van der Waals surface area contributed by atoms with Gasteiger partial charge < -0.3 is 10.2 Å². The zero-order valence-corrected chi connectivity index (χ0v) is 19.5. The normalized spacial score (nSPS) is 17.4. The Labute approximate surface area is 199 Å². The number of benzene rings is 1. The molecule has 1 atom stereocenters. The Morgan fingerprint density at radius 1 is 1.12 bits per heavy atom. The molecule has 8 nitrogen and oxygen atoms in total. The van der Waals surface area contributed by atoms with Crippen molar-refractivity contribution in [3.63, 3.8) is 0 Å². The Hall–Kier alpha value is -3.55. The fourth-order valence-corrected chi connectivity index (χ4v) is 4.93. The van der Waals surface area contributed by atoms with Crippen LogP contribution >= 0.6 is 0 Å². The van der Waals surface area contributed by atoms with Crippen LogP contribution in [0.25, 0.3) is 11.3 Å². The predicted molar refractivity (Wildman–Crippen MR) is 131 cm³/mol. The first-order valence-electron chi connectivity index (χ1n) is 12.1. The van der Waals surface area contributed by atoms with Gasteiger partial charge in [0.2, 0.25) is 5.91 Å². The van der Waals surface area contributed by atoms with Crippen molar-refractivity contribution in [1.29, 1.82) is 0 Å². The summed E-state index contributed by atoms with van der Waals surface area (Å²) in [6.45, 7) is 4.32. The molecule has 0 bridgehead atoms. The maximum Gasteiger partial charge on any atom is 0.267 e. The minimum absolute atomic E-state index is 0.0170. The molecular weight excluding hydrogens is 428 g/mol. The highest BCUT2D eigenvalue weighted by atomic mass is 16.2. The molecule has 1 aliphatic heterocycles. The number of amides is 1. The lowest BCUT2D eigenvalue weighted by atomic mass is 9.97. The highest BCUT2D eigenvalue weighted by Gasteiger charge is 2.26. The SMILES string of the molecule is Cc1ccccc1-c1ccc(N2CCCC(C(=O)NCCn3nc4c(cc3=O)CCC4)C2)nn1. The van der Waals surface area contributed by atoms with Gasteiger partial charge in [-0.2, -0.15) is 5.10 Å². The van der Waals surface area contributed by atoms with Crippen molar-refractivity contribution in [1.82, 2.24) is 25.3 Å². The van der Waals surface area contributed by atoms with E-state index in [1.807, 2.05) is 30.3 Å². The fourth-order valence-electron chi connectivity index (χ4n) is 4.93. The number of piperidine rings is 1. The van der Waals surface area contributed by atoms with Crippen molar-refractivity contribution in [2.24, 2.45) is 5.92 Å². The van der Waals surface area contributed by atoms with Gasteiger partial charge in [0.15, 0.2) is 5.82 Å². The third kappa shape index (κ3) is 4.71. The molecule has 0 radical (unpaired) electrons. The number of nitrogens with zero attached hydrogens (tertiary/aromatic N) is 5. The molecule has 8 heteroatoms. The number of aryl methyl sites for hydroxylation is 3. The van der Waals surface area contributed by atoms with Gasteiger partial charge in [0, 0.05) is 31.3 Å². The van der Waals surface area contributed by atoms with Crippen LogP contribution in [0.1, 0.15) is 36.1 Å². The summed E-state index contributed by atoms with van der Waals surface area (Å²) in [4.78, 5) is 27.2. The van der Waals surface area contributed by atoms with Gasteiger partial charge in [-0.25, -0.2) is 4.68 Å². The number of carbonyl (C=O) groups excluding carboxylic acids is 1. The van der Waals surface area contributed by atoms with Crippen molar-refractivity contribution in [2.75, 3.05) is 24.5 Å². The molecule has 2 aliphatic rings. The Balaban J connectivity index is 1.17. The lowest BCUT2D eigenvalue weighted by Crippen LogP contribution is -2.44. The Morgan fingerprint density at radius 2 is 2.00 bits per heavy atom. The van der Waals surface area contributed by atoms with Crippen LogP contribution in [0.4, 0.5) is 5.82 Å². The molecule has 0 spiro atoms. The second-order valence-electron chi connectivity index (χ2n) is 9.20. The number of nitrogens with one attached hydrogen (secondary N) is 1. The van der Waals surface area contributed by atoms with Gasteiger partial charge in [-0.3, -0.25) is 9.59 Å². The van der Waals surface area contributed by atoms with Crippen molar-refractivity contribution >= 4 is 11.7 Å². The maximum atomic E-state index is 12.8. The summed E-state index contributed by atoms with van der Waals surface area (Å²) in [7, 11) is 0. The van der Waals surface area contributed by atoms with Crippen LogP contribution in [0.3, 0.4) is 0 Å². The third-order valence-electron chi connectivity index (χ3n) is 6.83. The topological polar surface area (TPSA) is 93.0 Å². The van der Waals surface area contributed by atoms with Crippen LogP contribution in [0, 0.1) is 12.8 Å². The molecule has 0 saturated carbocycles. The molecule has 1 aromatic carbocycles. The first kappa shape index (κ1) is 22.3. The molecule has 1 fully saturated rings. The Kier molecular flexibility index (Phi) is 6.38. The van der Waals surface area contributed by atoms with Crippen LogP contribution in [0.5, 0.6) is 0 Å². The summed E-state index contributed by atoms with van der Waals surface area (Å²) in [5.74, 6) is 0.698. The second-order valence-corrected chi connectivity index (χ2v) is 9.20. The molecule has 1 aliphatic carbocycles. The van der Waals surface area contributed by atoms with E-state index in [0.717, 1.165) is 72.5 Å². The smallest absolute Gasteiger partial charge is 0.267 e. The molecule has 176 valence electrons. The molecule has 1 amide bonds. The van der Waals surface area contributed by atoms with Gasteiger partial charge in [0.1, 0.15) is 0 Å². The number of aromatic nitrogens is 4. The maximum absolute atomic E-state index is 12.8. The van der Waals surface area contributed by atoms with E-state index >= 15 is 0 Å². The molecule has 34 heavy (non-hydrogen) atoms. The summed E-state index contributed by atoms with van der Waals surface area (Å²) in [5.41, 5.74) is 5.09. The van der Waals surface area contributed by atoms with E-state index in [9.17, 15) is 9.59 Å². The lowest BCUT2D eigenvalue weighted by Gasteiger charge is -2.32. The highest BCUT2D eigenvalue weighted by molar-refractivity contribution is 5.79. The third-order valence-corrected chi connectivity index (χ3v) is 6.83. The van der Waals surface area contributed by atoms with E-state index in [-0.39, 0.29) is 17.4 Å². The Morgan fingerprint density at radius 3 is 2.82 bits per heavy atom. The number of hydrogen-bond acceptors (Lipinski definition) is 6. The quantitative estimate of drug-likeness (QED) is 0.610. The van der Waals surface area contributed by atoms with Gasteiger partial charge >= 0.3 is 0 Å². The Bertz CT molecular complexity index is 1240. The summed E-state index contributed by atoms with van der Waals surface area (Å²) < 4.78 is 1.48. The number of anilines is 1. The molecule has 1 N–H and O–H groups in total. The van der Waals surface area contributed by atoms with Crippen molar-refractivity contribution in [2.45, 2.75) is 45.6 Å². The van der Waals surface area contributed by atoms with Crippen LogP contribution in [-0.4, -0.2) is 45.5 Å². The minimum Gasteiger partial charge on any atom is -0.354 e. The van der Waals surface area contributed by atoms with Gasteiger partial charge in [-0.15, -0.1) is 10.2 Å². The van der Waals surface area contributed by atoms with Crippen LogP contribution in [0.2, 0.25) is 0 Å². The summed E-state index contributed by atoms with van der Waals surface area (Å²) in [5, 5.41) is 16.4. The minimum atomic E-state index is -0.115. The van der Waals surface area contributed by atoms with Gasteiger partial charge in [0.25, 0.3) is 5.56 Å². The number of fused-ring (bicyclic) bond motifs is 1. The standard InChI is InChI=1S/C26H30N6O2/c1-18-6-2-3-9-21(18)23-11-12-24(29-28-23)31-14-5-8-20(17-31)26(34)27-13-15-32-25(33)16-19-7-4-10-22(19)30-32/h2-3,6,9,11-12,16,20H,4-5,7-8,10,13-15,17H2,1H3,(H,27,34). The summed E-state index contributed by atoms with van der Waals surface area (Å²) in [6, 6.07) is 13.8. The number of carbonyl (C=O) groups is 1. The predicted octanol–water partition coefficient (Wildman–Crippen LogP) is 2.53. The van der Waals surface area contributed by atoms with Crippen LogP contribution < -0.4 is 15.8 Å². The first-order chi connectivity index (χ1) is 16.6. The number of rotatable bonds is 6. The van der Waals surface area contributed by atoms with E-state index in [4.69, 9.17) is 0 Å². The second kappa shape index (κ2) is 9.75. The van der Waals surface area contributed by atoms with E-state index in [2.05, 4.69) is 38.5 Å². The number of hydrogen-bond donors (Lipinski definition) is 1. The van der Waals surface area contributed by atoms with E-state index in [0.29, 0.717) is 19.6 Å². The average molecular weight is 459 g/mol.